The summed E-state index contributed by atoms with van der Waals surface area (Å²) >= 11 is 3.48. The van der Waals surface area contributed by atoms with Gasteiger partial charge in [0.1, 0.15) is 11.2 Å². The monoisotopic (exact) mass is 318 g/mol. The third-order valence-corrected chi connectivity index (χ3v) is 5.84. The summed E-state index contributed by atoms with van der Waals surface area (Å²) in [5.41, 5.74) is 1.95. The molecular formula is C15H15BrOSi. The van der Waals surface area contributed by atoms with Crippen molar-refractivity contribution >= 4 is 51.1 Å². The van der Waals surface area contributed by atoms with Gasteiger partial charge in [-0.3, -0.25) is 0 Å². The van der Waals surface area contributed by atoms with Crippen molar-refractivity contribution in [3.05, 3.63) is 40.9 Å². The molecular weight excluding hydrogens is 304 g/mol. The van der Waals surface area contributed by atoms with Crippen molar-refractivity contribution in [1.82, 2.24) is 0 Å². The number of hydrogen-bond acceptors (Lipinski definition) is 1. The molecule has 0 bridgehead atoms. The Balaban J connectivity index is 2.33. The largest absolute Gasteiger partial charge is 0.456 e. The lowest BCUT2D eigenvalue weighted by molar-refractivity contribution is 0.669. The molecule has 1 aromatic heterocycles. The normalized spacial score (nSPS) is 12.4. The van der Waals surface area contributed by atoms with Crippen LogP contribution in [0.2, 0.25) is 19.6 Å². The first-order valence-corrected chi connectivity index (χ1v) is 10.4. The Morgan fingerprint density at radius 3 is 2.17 bits per heavy atom. The quantitative estimate of drug-likeness (QED) is 0.582. The third kappa shape index (κ3) is 1.91. The van der Waals surface area contributed by atoms with Gasteiger partial charge in [-0.15, -0.1) is 0 Å². The van der Waals surface area contributed by atoms with Gasteiger partial charge in [0, 0.05) is 15.2 Å². The Labute approximate surface area is 116 Å². The fraction of sp³-hybridized carbons (Fsp3) is 0.200. The molecule has 0 saturated heterocycles. The van der Waals surface area contributed by atoms with Crippen molar-refractivity contribution in [2.45, 2.75) is 19.6 Å². The Kier molecular flexibility index (Phi) is 2.64. The molecule has 3 rings (SSSR count). The van der Waals surface area contributed by atoms with E-state index in [4.69, 9.17) is 4.42 Å². The van der Waals surface area contributed by atoms with Crippen LogP contribution in [0.4, 0.5) is 0 Å². The van der Waals surface area contributed by atoms with Crippen molar-refractivity contribution in [3.63, 3.8) is 0 Å². The molecule has 18 heavy (non-hydrogen) atoms. The smallest absolute Gasteiger partial charge is 0.136 e. The van der Waals surface area contributed by atoms with Gasteiger partial charge >= 0.3 is 0 Å². The van der Waals surface area contributed by atoms with E-state index in [0.29, 0.717) is 0 Å². The molecule has 0 amide bonds. The van der Waals surface area contributed by atoms with Gasteiger partial charge in [0.15, 0.2) is 0 Å². The Morgan fingerprint density at radius 2 is 1.50 bits per heavy atom. The topological polar surface area (TPSA) is 13.1 Å². The molecule has 0 unspecified atom stereocenters. The second kappa shape index (κ2) is 3.97. The van der Waals surface area contributed by atoms with E-state index in [2.05, 4.69) is 65.9 Å². The van der Waals surface area contributed by atoms with Crippen LogP contribution in [0.3, 0.4) is 0 Å². The van der Waals surface area contributed by atoms with Crippen LogP contribution >= 0.6 is 15.9 Å². The van der Waals surface area contributed by atoms with Gasteiger partial charge in [-0.25, -0.2) is 0 Å². The SMILES string of the molecule is C[Si](C)(C)c1ccc2c(c1)oc1cc(Br)ccc12. The Morgan fingerprint density at radius 1 is 0.889 bits per heavy atom. The molecule has 0 aliphatic carbocycles. The predicted octanol–water partition coefficient (Wildman–Crippen LogP) is 4.89. The summed E-state index contributed by atoms with van der Waals surface area (Å²) in [6.07, 6.45) is 0. The maximum Gasteiger partial charge on any atom is 0.136 e. The summed E-state index contributed by atoms with van der Waals surface area (Å²) in [7, 11) is -1.28. The van der Waals surface area contributed by atoms with Crippen molar-refractivity contribution < 1.29 is 4.42 Å². The first-order chi connectivity index (χ1) is 8.45. The van der Waals surface area contributed by atoms with Gasteiger partial charge < -0.3 is 4.42 Å². The van der Waals surface area contributed by atoms with Crippen molar-refractivity contribution in [2.24, 2.45) is 0 Å². The highest BCUT2D eigenvalue weighted by molar-refractivity contribution is 9.10. The van der Waals surface area contributed by atoms with Crippen LogP contribution in [0.5, 0.6) is 0 Å². The van der Waals surface area contributed by atoms with Gasteiger partial charge in [0.2, 0.25) is 0 Å². The molecule has 0 fully saturated rings. The number of benzene rings is 2. The van der Waals surface area contributed by atoms with Gasteiger partial charge in [-0.1, -0.05) is 52.9 Å². The number of fused-ring (bicyclic) bond motifs is 3. The lowest BCUT2D eigenvalue weighted by Gasteiger charge is -2.15. The van der Waals surface area contributed by atoms with Crippen LogP contribution in [0.25, 0.3) is 21.9 Å². The molecule has 1 nitrogen and oxygen atoms in total. The molecule has 3 heteroatoms. The number of furan rings is 1. The molecule has 1 heterocycles. The molecule has 0 spiro atoms. The molecule has 2 aromatic carbocycles. The molecule has 0 radical (unpaired) electrons. The van der Waals surface area contributed by atoms with E-state index >= 15 is 0 Å². The fourth-order valence-electron chi connectivity index (χ4n) is 2.22. The van der Waals surface area contributed by atoms with E-state index in [0.717, 1.165) is 15.6 Å². The highest BCUT2D eigenvalue weighted by atomic mass is 79.9. The number of hydrogen-bond donors (Lipinski definition) is 0. The van der Waals surface area contributed by atoms with Gasteiger partial charge in [-0.05, 0) is 24.3 Å². The second-order valence-corrected chi connectivity index (χ2v) is 11.7. The molecule has 92 valence electrons. The minimum absolute atomic E-state index is 0.951. The van der Waals surface area contributed by atoms with Crippen LogP contribution < -0.4 is 5.19 Å². The van der Waals surface area contributed by atoms with Crippen LogP contribution in [-0.2, 0) is 0 Å². The standard InChI is InChI=1S/C15H15BrOSi/c1-18(2,3)11-5-7-13-12-6-4-10(16)8-14(12)17-15(13)9-11/h4-9H,1-3H3. The first-order valence-electron chi connectivity index (χ1n) is 6.07. The summed E-state index contributed by atoms with van der Waals surface area (Å²) in [6, 6.07) is 12.9. The van der Waals surface area contributed by atoms with Crippen LogP contribution in [-0.4, -0.2) is 8.07 Å². The fourth-order valence-corrected chi connectivity index (χ4v) is 3.70. The maximum absolute atomic E-state index is 5.96. The van der Waals surface area contributed by atoms with Gasteiger partial charge in [0.05, 0.1) is 8.07 Å². The van der Waals surface area contributed by atoms with E-state index in [1.165, 1.54) is 16.0 Å². The Hall–Kier alpha value is -1.06. The zero-order chi connectivity index (χ0) is 12.9. The highest BCUT2D eigenvalue weighted by Crippen LogP contribution is 2.30. The third-order valence-electron chi connectivity index (χ3n) is 3.30. The summed E-state index contributed by atoms with van der Waals surface area (Å²) in [4.78, 5) is 0. The van der Waals surface area contributed by atoms with Crippen LogP contribution in [0.15, 0.2) is 45.3 Å². The minimum Gasteiger partial charge on any atom is -0.456 e. The summed E-state index contributed by atoms with van der Waals surface area (Å²) in [5.74, 6) is 0. The van der Waals surface area contributed by atoms with Crippen molar-refractivity contribution in [2.75, 3.05) is 0 Å². The van der Waals surface area contributed by atoms with Crippen LogP contribution in [0.1, 0.15) is 0 Å². The first kappa shape index (κ1) is 12.0. The van der Waals surface area contributed by atoms with Crippen molar-refractivity contribution in [3.8, 4) is 0 Å². The molecule has 0 saturated carbocycles. The lowest BCUT2D eigenvalue weighted by atomic mass is 10.1. The molecule has 0 atom stereocenters. The average molecular weight is 319 g/mol. The van der Waals surface area contributed by atoms with E-state index in [-0.39, 0.29) is 0 Å². The van der Waals surface area contributed by atoms with Gasteiger partial charge in [-0.2, -0.15) is 0 Å². The van der Waals surface area contributed by atoms with E-state index < -0.39 is 8.07 Å². The zero-order valence-corrected chi connectivity index (χ0v) is 13.3. The number of rotatable bonds is 1. The molecule has 3 aromatic rings. The lowest BCUT2D eigenvalue weighted by Crippen LogP contribution is -2.37. The molecule has 0 aliphatic heterocycles. The predicted molar refractivity (Wildman–Crippen MR) is 84.4 cm³/mol. The molecule has 0 aliphatic rings. The summed E-state index contributed by atoms with van der Waals surface area (Å²) in [6.45, 7) is 7.06. The second-order valence-electron chi connectivity index (χ2n) is 5.70. The number of halogens is 1. The zero-order valence-electron chi connectivity index (χ0n) is 10.8. The summed E-state index contributed by atoms with van der Waals surface area (Å²) in [5, 5.41) is 3.84. The minimum atomic E-state index is -1.28. The van der Waals surface area contributed by atoms with Crippen molar-refractivity contribution in [1.29, 1.82) is 0 Å². The highest BCUT2D eigenvalue weighted by Gasteiger charge is 2.18. The maximum atomic E-state index is 5.96. The van der Waals surface area contributed by atoms with E-state index in [9.17, 15) is 0 Å². The van der Waals surface area contributed by atoms with Gasteiger partial charge in [0.25, 0.3) is 0 Å². The average Bonchev–Trinajstić information content (AvgIpc) is 2.63. The molecule has 0 N–H and O–H groups in total. The Bertz CT molecular complexity index is 737. The summed E-state index contributed by atoms with van der Waals surface area (Å²) < 4.78 is 7.02. The van der Waals surface area contributed by atoms with E-state index in [1.54, 1.807) is 0 Å². The van der Waals surface area contributed by atoms with E-state index in [1.807, 2.05) is 6.07 Å². The van der Waals surface area contributed by atoms with Crippen LogP contribution in [0, 0.1) is 0 Å².